The maximum atomic E-state index is 11.0. The number of halogens is 2. The van der Waals surface area contributed by atoms with Crippen LogP contribution in [-0.4, -0.2) is 41.5 Å². The van der Waals surface area contributed by atoms with E-state index < -0.39 is 0 Å². The first kappa shape index (κ1) is 16.5. The molecule has 0 radical (unpaired) electrons. The molecule has 2 aromatic rings. The molecule has 0 saturated carbocycles. The van der Waals surface area contributed by atoms with E-state index in [9.17, 15) is 4.79 Å². The van der Waals surface area contributed by atoms with Crippen molar-refractivity contribution in [3.8, 4) is 0 Å². The first-order valence-corrected chi connectivity index (χ1v) is 8.71. The molecule has 3 N–H and O–H groups in total. The standard InChI is InChI=1S/C16H18BrClN4O/c17-11-7-10-1-2-15(21-16(10)13(18)8-11)20-12-3-5-22(6-4-12)9-14(19)23/h1-2,7-8,12H,3-6,9H2,(H2,19,23)(H,20,21). The van der Waals surface area contributed by atoms with Gasteiger partial charge >= 0.3 is 0 Å². The van der Waals surface area contributed by atoms with Crippen LogP contribution < -0.4 is 11.1 Å². The summed E-state index contributed by atoms with van der Waals surface area (Å²) in [6.07, 6.45) is 1.92. The van der Waals surface area contributed by atoms with E-state index in [4.69, 9.17) is 17.3 Å². The van der Waals surface area contributed by atoms with Gasteiger partial charge in [0.05, 0.1) is 17.1 Å². The van der Waals surface area contributed by atoms with Gasteiger partial charge in [0.2, 0.25) is 5.91 Å². The zero-order chi connectivity index (χ0) is 16.4. The lowest BCUT2D eigenvalue weighted by molar-refractivity contribution is -0.119. The van der Waals surface area contributed by atoms with Gasteiger partial charge in [-0.2, -0.15) is 0 Å². The quantitative estimate of drug-likeness (QED) is 0.832. The maximum Gasteiger partial charge on any atom is 0.231 e. The molecule has 1 saturated heterocycles. The van der Waals surface area contributed by atoms with Crippen LogP contribution in [0.2, 0.25) is 5.02 Å². The van der Waals surface area contributed by atoms with E-state index in [0.717, 1.165) is 47.1 Å². The predicted molar refractivity (Wildman–Crippen MR) is 96.7 cm³/mol. The van der Waals surface area contributed by atoms with Crippen LogP contribution in [0.3, 0.4) is 0 Å². The van der Waals surface area contributed by atoms with Gasteiger partial charge in [-0.15, -0.1) is 0 Å². The second kappa shape index (κ2) is 7.03. The molecule has 5 nitrogen and oxygen atoms in total. The second-order valence-corrected chi connectivity index (χ2v) is 7.14. The fraction of sp³-hybridized carbons (Fsp3) is 0.375. The van der Waals surface area contributed by atoms with Crippen molar-refractivity contribution < 1.29 is 4.79 Å². The number of piperidine rings is 1. The third-order valence-electron chi connectivity index (χ3n) is 4.03. The average molecular weight is 398 g/mol. The molecule has 1 fully saturated rings. The molecule has 1 aliphatic rings. The Bertz CT molecular complexity index is 731. The third-order valence-corrected chi connectivity index (χ3v) is 4.78. The molecule has 0 atom stereocenters. The highest BCUT2D eigenvalue weighted by molar-refractivity contribution is 9.10. The number of amides is 1. The van der Waals surface area contributed by atoms with E-state index in [0.29, 0.717) is 17.6 Å². The van der Waals surface area contributed by atoms with Crippen LogP contribution in [0.5, 0.6) is 0 Å². The largest absolute Gasteiger partial charge is 0.369 e. The lowest BCUT2D eigenvalue weighted by Crippen LogP contribution is -2.43. The normalized spacial score (nSPS) is 16.6. The Labute approximate surface area is 148 Å². The lowest BCUT2D eigenvalue weighted by atomic mass is 10.0. The monoisotopic (exact) mass is 396 g/mol. The van der Waals surface area contributed by atoms with Crippen LogP contribution in [0.15, 0.2) is 28.7 Å². The van der Waals surface area contributed by atoms with Gasteiger partial charge < -0.3 is 11.1 Å². The topological polar surface area (TPSA) is 71.2 Å². The number of nitrogens with two attached hydrogens (primary N) is 1. The molecule has 0 unspecified atom stereocenters. The number of hydrogen-bond acceptors (Lipinski definition) is 4. The van der Waals surface area contributed by atoms with E-state index in [1.807, 2.05) is 24.3 Å². The molecular weight excluding hydrogens is 380 g/mol. The van der Waals surface area contributed by atoms with Gasteiger partial charge in [-0.1, -0.05) is 27.5 Å². The number of rotatable bonds is 4. The van der Waals surface area contributed by atoms with Gasteiger partial charge in [-0.3, -0.25) is 9.69 Å². The number of fused-ring (bicyclic) bond motifs is 1. The molecule has 0 aliphatic carbocycles. The van der Waals surface area contributed by atoms with Crippen LogP contribution in [-0.2, 0) is 4.79 Å². The van der Waals surface area contributed by atoms with Crippen molar-refractivity contribution in [2.75, 3.05) is 25.0 Å². The van der Waals surface area contributed by atoms with Crippen molar-refractivity contribution in [1.82, 2.24) is 9.88 Å². The third kappa shape index (κ3) is 4.13. The highest BCUT2D eigenvalue weighted by Gasteiger charge is 2.20. The summed E-state index contributed by atoms with van der Waals surface area (Å²) in [6, 6.07) is 8.19. The molecule has 122 valence electrons. The minimum Gasteiger partial charge on any atom is -0.369 e. The van der Waals surface area contributed by atoms with Gasteiger partial charge in [-0.25, -0.2) is 4.98 Å². The summed E-state index contributed by atoms with van der Waals surface area (Å²) in [6.45, 7) is 2.06. The maximum absolute atomic E-state index is 11.0. The number of pyridine rings is 1. The number of anilines is 1. The Morgan fingerprint density at radius 3 is 2.83 bits per heavy atom. The molecule has 0 bridgehead atoms. The summed E-state index contributed by atoms with van der Waals surface area (Å²) in [5.74, 6) is 0.559. The predicted octanol–water partition coefficient (Wildman–Crippen LogP) is 3.01. The number of nitrogens with one attached hydrogen (secondary N) is 1. The lowest BCUT2D eigenvalue weighted by Gasteiger charge is -2.31. The molecule has 7 heteroatoms. The number of carbonyl (C=O) groups excluding carboxylic acids is 1. The number of aromatic nitrogens is 1. The first-order valence-electron chi connectivity index (χ1n) is 7.54. The molecule has 23 heavy (non-hydrogen) atoms. The van der Waals surface area contributed by atoms with Crippen molar-refractivity contribution in [2.45, 2.75) is 18.9 Å². The summed E-state index contributed by atoms with van der Waals surface area (Å²) in [5.41, 5.74) is 6.03. The zero-order valence-corrected chi connectivity index (χ0v) is 14.9. The van der Waals surface area contributed by atoms with Gasteiger partial charge in [0.1, 0.15) is 5.82 Å². The van der Waals surface area contributed by atoms with Crippen molar-refractivity contribution in [3.63, 3.8) is 0 Å². The summed E-state index contributed by atoms with van der Waals surface area (Å²) in [7, 11) is 0. The van der Waals surface area contributed by atoms with Crippen molar-refractivity contribution in [2.24, 2.45) is 5.73 Å². The SMILES string of the molecule is NC(=O)CN1CCC(Nc2ccc3cc(Br)cc(Cl)c3n2)CC1. The molecule has 0 spiro atoms. The zero-order valence-electron chi connectivity index (χ0n) is 12.6. The van der Waals surface area contributed by atoms with Crippen molar-refractivity contribution in [3.05, 3.63) is 33.8 Å². The molecule has 3 rings (SSSR count). The Morgan fingerprint density at radius 1 is 1.39 bits per heavy atom. The number of primary amides is 1. The van der Waals surface area contributed by atoms with E-state index >= 15 is 0 Å². The van der Waals surface area contributed by atoms with Crippen LogP contribution >= 0.6 is 27.5 Å². The van der Waals surface area contributed by atoms with Gasteiger partial charge in [0.15, 0.2) is 0 Å². The average Bonchev–Trinajstić information content (AvgIpc) is 2.49. The number of nitrogens with zero attached hydrogens (tertiary/aromatic N) is 2. The van der Waals surface area contributed by atoms with Crippen molar-refractivity contribution in [1.29, 1.82) is 0 Å². The molecule has 2 heterocycles. The fourth-order valence-corrected chi connectivity index (χ4v) is 3.78. The van der Waals surface area contributed by atoms with Gasteiger partial charge in [0.25, 0.3) is 0 Å². The Kier molecular flexibility index (Phi) is 5.04. The molecular formula is C16H18BrClN4O. The highest BCUT2D eigenvalue weighted by atomic mass is 79.9. The summed E-state index contributed by atoms with van der Waals surface area (Å²) >= 11 is 9.71. The summed E-state index contributed by atoms with van der Waals surface area (Å²) in [4.78, 5) is 17.7. The van der Waals surface area contributed by atoms with Gasteiger partial charge in [0, 0.05) is 29.0 Å². The smallest absolute Gasteiger partial charge is 0.231 e. The fourth-order valence-electron chi connectivity index (χ4n) is 2.90. The van der Waals surface area contributed by atoms with Crippen LogP contribution in [0.1, 0.15) is 12.8 Å². The number of benzene rings is 1. The van der Waals surface area contributed by atoms with E-state index in [1.54, 1.807) is 0 Å². The molecule has 1 aromatic heterocycles. The van der Waals surface area contributed by atoms with Crippen molar-refractivity contribution >= 4 is 50.2 Å². The minimum atomic E-state index is -0.270. The molecule has 1 amide bonds. The van der Waals surface area contributed by atoms with Gasteiger partial charge in [-0.05, 0) is 37.1 Å². The number of carbonyl (C=O) groups is 1. The highest BCUT2D eigenvalue weighted by Crippen LogP contribution is 2.28. The molecule has 1 aromatic carbocycles. The first-order chi connectivity index (χ1) is 11.0. The summed E-state index contributed by atoms with van der Waals surface area (Å²) in [5, 5.41) is 5.10. The minimum absolute atomic E-state index is 0.270. The number of likely N-dealkylation sites (tertiary alicyclic amines) is 1. The summed E-state index contributed by atoms with van der Waals surface area (Å²) < 4.78 is 0.944. The van der Waals surface area contributed by atoms with Crippen LogP contribution in [0.25, 0.3) is 10.9 Å². The number of hydrogen-bond donors (Lipinski definition) is 2. The molecule has 1 aliphatic heterocycles. The van der Waals surface area contributed by atoms with E-state index in [2.05, 4.69) is 31.1 Å². The Balaban J connectivity index is 1.67. The van der Waals surface area contributed by atoms with Crippen LogP contribution in [0, 0.1) is 0 Å². The van der Waals surface area contributed by atoms with E-state index in [-0.39, 0.29) is 5.91 Å². The van der Waals surface area contributed by atoms with Crippen LogP contribution in [0.4, 0.5) is 5.82 Å². The van der Waals surface area contributed by atoms with E-state index in [1.165, 1.54) is 0 Å². The Morgan fingerprint density at radius 2 is 2.13 bits per heavy atom. The Hall–Kier alpha value is -1.37. The second-order valence-electron chi connectivity index (χ2n) is 5.82.